The van der Waals surface area contributed by atoms with E-state index in [2.05, 4.69) is 5.10 Å². The summed E-state index contributed by atoms with van der Waals surface area (Å²) in [5.41, 5.74) is 3.21. The molecule has 0 saturated heterocycles. The second kappa shape index (κ2) is 5.18. The Hall–Kier alpha value is -2.82. The van der Waals surface area contributed by atoms with Crippen LogP contribution in [-0.2, 0) is 0 Å². The third-order valence-corrected chi connectivity index (χ3v) is 3.49. The van der Waals surface area contributed by atoms with Crippen LogP contribution in [0.1, 0.15) is 27.4 Å². The molecular weight excluding hydrogens is 280 g/mol. The van der Waals surface area contributed by atoms with Crippen LogP contribution in [0.4, 0.5) is 0 Å². The minimum atomic E-state index is -1.28. The molecule has 0 aliphatic heterocycles. The Kier molecular flexibility index (Phi) is 3.33. The van der Waals surface area contributed by atoms with Crippen molar-refractivity contribution in [3.8, 4) is 17.1 Å². The van der Waals surface area contributed by atoms with Gasteiger partial charge in [-0.1, -0.05) is 17.7 Å². The molecule has 5 nitrogen and oxygen atoms in total. The van der Waals surface area contributed by atoms with E-state index in [-0.39, 0.29) is 5.69 Å². The fraction of sp³-hybridized carbons (Fsp3) is 0.176. The Bertz CT molecular complexity index is 859. The van der Waals surface area contributed by atoms with Gasteiger partial charge in [0.05, 0.1) is 17.4 Å². The van der Waals surface area contributed by atoms with Gasteiger partial charge < -0.3 is 14.3 Å². The Morgan fingerprint density at radius 1 is 1.14 bits per heavy atom. The fourth-order valence-corrected chi connectivity index (χ4v) is 2.45. The van der Waals surface area contributed by atoms with Gasteiger partial charge in [0, 0.05) is 0 Å². The van der Waals surface area contributed by atoms with Crippen molar-refractivity contribution in [2.45, 2.75) is 20.8 Å². The summed E-state index contributed by atoms with van der Waals surface area (Å²) in [6.07, 6.45) is 0. The van der Waals surface area contributed by atoms with E-state index in [1.165, 1.54) is 10.7 Å². The van der Waals surface area contributed by atoms with E-state index >= 15 is 0 Å². The van der Waals surface area contributed by atoms with Crippen LogP contribution in [0.25, 0.3) is 17.1 Å². The topological polar surface area (TPSA) is 71.1 Å². The van der Waals surface area contributed by atoms with Crippen LogP contribution >= 0.6 is 0 Å². The third kappa shape index (κ3) is 2.41. The molecule has 3 aromatic rings. The Labute approximate surface area is 127 Å². The highest BCUT2D eigenvalue weighted by Crippen LogP contribution is 2.25. The van der Waals surface area contributed by atoms with Gasteiger partial charge in [-0.05, 0) is 50.6 Å². The number of furan rings is 1. The molecule has 2 heterocycles. The molecule has 0 aliphatic rings. The van der Waals surface area contributed by atoms with Crippen molar-refractivity contribution in [1.82, 2.24) is 9.78 Å². The summed E-state index contributed by atoms with van der Waals surface area (Å²) in [7, 11) is 0. The Morgan fingerprint density at radius 3 is 2.50 bits per heavy atom. The molecule has 2 aromatic heterocycles. The number of hydrogen-bond acceptors (Lipinski definition) is 4. The number of hydrogen-bond donors (Lipinski definition) is 0. The average molecular weight is 295 g/mol. The van der Waals surface area contributed by atoms with E-state index < -0.39 is 5.97 Å². The van der Waals surface area contributed by atoms with Gasteiger partial charge in [-0.2, -0.15) is 5.10 Å². The molecule has 1 aromatic carbocycles. The molecule has 0 fully saturated rings. The number of benzene rings is 1. The van der Waals surface area contributed by atoms with Crippen molar-refractivity contribution in [3.05, 3.63) is 59.0 Å². The quantitative estimate of drug-likeness (QED) is 0.744. The van der Waals surface area contributed by atoms with E-state index in [4.69, 9.17) is 4.42 Å². The maximum atomic E-state index is 11.4. The molecule has 0 aliphatic carbocycles. The highest BCUT2D eigenvalue weighted by molar-refractivity contribution is 5.86. The second-order valence-electron chi connectivity index (χ2n) is 5.31. The molecule has 5 heteroatoms. The lowest BCUT2D eigenvalue weighted by molar-refractivity contribution is -0.255. The van der Waals surface area contributed by atoms with Gasteiger partial charge in [0.1, 0.15) is 11.5 Å². The van der Waals surface area contributed by atoms with Crippen LogP contribution in [0.5, 0.6) is 0 Å². The number of aromatic carboxylic acids is 1. The van der Waals surface area contributed by atoms with Gasteiger partial charge in [0.15, 0.2) is 5.76 Å². The number of aromatic nitrogens is 2. The van der Waals surface area contributed by atoms with Crippen LogP contribution in [0.2, 0.25) is 0 Å². The first-order valence-electron chi connectivity index (χ1n) is 6.91. The molecule has 0 atom stereocenters. The van der Waals surface area contributed by atoms with Crippen molar-refractivity contribution >= 4 is 5.97 Å². The largest absolute Gasteiger partial charge is 0.543 e. The number of carbonyl (C=O) groups is 1. The molecule has 0 bridgehead atoms. The lowest BCUT2D eigenvalue weighted by Crippen LogP contribution is -2.25. The zero-order valence-corrected chi connectivity index (χ0v) is 12.6. The summed E-state index contributed by atoms with van der Waals surface area (Å²) in [5, 5.41) is 15.8. The average Bonchev–Trinajstić information content (AvgIpc) is 3.05. The van der Waals surface area contributed by atoms with Crippen LogP contribution < -0.4 is 5.11 Å². The minimum Gasteiger partial charge on any atom is -0.543 e. The standard InChI is InChI=1S/C17H16N2O3/c1-10-4-6-14(11(2)8-10)19-15(17(20)21)9-13(18-19)16-7-5-12(3)22-16/h4-9H,1-3H3,(H,20,21)/p-1. The van der Waals surface area contributed by atoms with Gasteiger partial charge in [-0.25, -0.2) is 4.68 Å². The molecule has 112 valence electrons. The summed E-state index contributed by atoms with van der Waals surface area (Å²) in [6.45, 7) is 5.72. The van der Waals surface area contributed by atoms with E-state index in [1.807, 2.05) is 45.0 Å². The van der Waals surface area contributed by atoms with Crippen molar-refractivity contribution in [3.63, 3.8) is 0 Å². The first-order valence-corrected chi connectivity index (χ1v) is 6.91. The summed E-state index contributed by atoms with van der Waals surface area (Å²) in [6, 6.07) is 10.8. The van der Waals surface area contributed by atoms with Crippen molar-refractivity contribution in [2.75, 3.05) is 0 Å². The summed E-state index contributed by atoms with van der Waals surface area (Å²) < 4.78 is 6.90. The van der Waals surface area contributed by atoms with Crippen molar-refractivity contribution < 1.29 is 14.3 Å². The van der Waals surface area contributed by atoms with Crippen LogP contribution in [-0.4, -0.2) is 15.7 Å². The summed E-state index contributed by atoms with van der Waals surface area (Å²) in [4.78, 5) is 11.4. The monoisotopic (exact) mass is 295 g/mol. The lowest BCUT2D eigenvalue weighted by Gasteiger charge is -2.11. The molecule has 3 rings (SSSR count). The van der Waals surface area contributed by atoms with E-state index in [0.717, 1.165) is 16.9 Å². The summed E-state index contributed by atoms with van der Waals surface area (Å²) >= 11 is 0. The van der Waals surface area contributed by atoms with E-state index in [1.54, 1.807) is 6.07 Å². The number of nitrogens with zero attached hydrogens (tertiary/aromatic N) is 2. The van der Waals surface area contributed by atoms with E-state index in [9.17, 15) is 9.90 Å². The number of carbonyl (C=O) groups excluding carboxylic acids is 1. The van der Waals surface area contributed by atoms with Gasteiger partial charge in [-0.3, -0.25) is 0 Å². The molecule has 0 N–H and O–H groups in total. The molecule has 0 saturated carbocycles. The molecule has 0 spiro atoms. The fourth-order valence-electron chi connectivity index (χ4n) is 2.45. The van der Waals surface area contributed by atoms with E-state index in [0.29, 0.717) is 17.1 Å². The summed E-state index contributed by atoms with van der Waals surface area (Å²) in [5.74, 6) is -0.00316. The zero-order chi connectivity index (χ0) is 15.9. The van der Waals surface area contributed by atoms with Crippen LogP contribution in [0, 0.1) is 20.8 Å². The number of carboxylic acids is 1. The van der Waals surface area contributed by atoms with Crippen LogP contribution in [0.3, 0.4) is 0 Å². The molecule has 0 unspecified atom stereocenters. The SMILES string of the molecule is Cc1ccc(-n2nc(-c3ccc(C)o3)cc2C(=O)[O-])c(C)c1. The van der Waals surface area contributed by atoms with Gasteiger partial charge in [0.2, 0.25) is 0 Å². The predicted octanol–water partition coefficient (Wildman–Crippen LogP) is 2.42. The van der Waals surface area contributed by atoms with Crippen molar-refractivity contribution in [1.29, 1.82) is 0 Å². The molecular formula is C17H15N2O3-. The molecule has 22 heavy (non-hydrogen) atoms. The Morgan fingerprint density at radius 2 is 1.91 bits per heavy atom. The highest BCUT2D eigenvalue weighted by atomic mass is 16.4. The zero-order valence-electron chi connectivity index (χ0n) is 12.6. The first-order chi connectivity index (χ1) is 10.5. The maximum Gasteiger partial charge on any atom is 0.154 e. The van der Waals surface area contributed by atoms with Crippen LogP contribution in [0.15, 0.2) is 40.8 Å². The highest BCUT2D eigenvalue weighted by Gasteiger charge is 2.15. The maximum absolute atomic E-state index is 11.4. The lowest BCUT2D eigenvalue weighted by atomic mass is 10.1. The smallest absolute Gasteiger partial charge is 0.154 e. The predicted molar refractivity (Wildman–Crippen MR) is 79.8 cm³/mol. The number of rotatable bonds is 3. The number of aryl methyl sites for hydroxylation is 3. The van der Waals surface area contributed by atoms with Crippen molar-refractivity contribution in [2.24, 2.45) is 0 Å². The third-order valence-electron chi connectivity index (χ3n) is 3.49. The van der Waals surface area contributed by atoms with Gasteiger partial charge >= 0.3 is 0 Å². The first kappa shape index (κ1) is 14.1. The molecule has 0 amide bonds. The molecule has 0 radical (unpaired) electrons. The normalized spacial score (nSPS) is 10.9. The second-order valence-corrected chi connectivity index (χ2v) is 5.31. The number of carboxylic acid groups (broad SMARTS) is 1. The van der Waals surface area contributed by atoms with Gasteiger partial charge in [-0.15, -0.1) is 0 Å². The minimum absolute atomic E-state index is 0.00370. The Balaban J connectivity index is 2.18. The van der Waals surface area contributed by atoms with Gasteiger partial charge in [0.25, 0.3) is 0 Å².